The molecular formula is C14H19N3O. The summed E-state index contributed by atoms with van der Waals surface area (Å²) in [5.41, 5.74) is 7.53. The summed E-state index contributed by atoms with van der Waals surface area (Å²) >= 11 is 0. The number of ether oxygens (including phenoxy) is 1. The average Bonchev–Trinajstić information content (AvgIpc) is 2.61. The van der Waals surface area contributed by atoms with E-state index >= 15 is 0 Å². The van der Waals surface area contributed by atoms with E-state index in [0.717, 1.165) is 18.4 Å². The van der Waals surface area contributed by atoms with Gasteiger partial charge in [-0.25, -0.2) is 4.98 Å². The molecule has 0 aromatic carbocycles. The Morgan fingerprint density at radius 2 is 2.22 bits per heavy atom. The summed E-state index contributed by atoms with van der Waals surface area (Å²) in [6, 6.07) is 5.82. The number of aromatic nitrogens is 1. The normalized spacial score (nSPS) is 24.2. The minimum atomic E-state index is 0.143. The minimum Gasteiger partial charge on any atom is -0.372 e. The topological polar surface area (TPSA) is 71.9 Å². The lowest BCUT2D eigenvalue weighted by molar-refractivity contribution is 0.0194. The predicted molar refractivity (Wildman–Crippen MR) is 68.6 cm³/mol. The van der Waals surface area contributed by atoms with E-state index in [4.69, 9.17) is 15.7 Å². The number of nitrogens with two attached hydrogens (primary N) is 1. The van der Waals surface area contributed by atoms with Crippen LogP contribution in [0.4, 0.5) is 0 Å². The van der Waals surface area contributed by atoms with Gasteiger partial charge in [-0.05, 0) is 30.5 Å². The van der Waals surface area contributed by atoms with E-state index in [-0.39, 0.29) is 12.1 Å². The van der Waals surface area contributed by atoms with E-state index in [1.165, 1.54) is 19.3 Å². The van der Waals surface area contributed by atoms with Crippen molar-refractivity contribution >= 4 is 0 Å². The molecule has 1 aliphatic rings. The lowest BCUT2D eigenvalue weighted by Crippen LogP contribution is -2.35. The number of hydrogen-bond acceptors (Lipinski definition) is 4. The molecule has 4 heteroatoms. The Morgan fingerprint density at radius 3 is 3.06 bits per heavy atom. The molecule has 1 saturated carbocycles. The highest BCUT2D eigenvalue weighted by molar-refractivity contribution is 5.24. The van der Waals surface area contributed by atoms with Crippen LogP contribution in [0.25, 0.3) is 0 Å². The molecule has 1 aliphatic carbocycles. The molecule has 0 amide bonds. The van der Waals surface area contributed by atoms with Crippen LogP contribution in [0, 0.1) is 11.3 Å². The molecule has 0 bridgehead atoms. The SMILES string of the molecule is N#Cc1cc(COC2CCCCCC2N)ccn1. The number of pyridine rings is 1. The zero-order valence-electron chi connectivity index (χ0n) is 10.5. The molecule has 18 heavy (non-hydrogen) atoms. The first-order chi connectivity index (χ1) is 8.79. The Hall–Kier alpha value is -1.44. The standard InChI is InChI=1S/C14H19N3O/c15-9-12-8-11(6-7-17-12)10-18-14-5-3-1-2-4-13(14)16/h6-8,13-14H,1-5,10,16H2. The fourth-order valence-electron chi connectivity index (χ4n) is 2.34. The van der Waals surface area contributed by atoms with Crippen molar-refractivity contribution in [2.45, 2.75) is 50.9 Å². The van der Waals surface area contributed by atoms with Crippen molar-refractivity contribution < 1.29 is 4.74 Å². The summed E-state index contributed by atoms with van der Waals surface area (Å²) in [7, 11) is 0. The second-order valence-electron chi connectivity index (χ2n) is 4.81. The number of nitriles is 1. The van der Waals surface area contributed by atoms with Crippen LogP contribution in [-0.4, -0.2) is 17.1 Å². The molecule has 0 radical (unpaired) electrons. The third kappa shape index (κ3) is 3.52. The monoisotopic (exact) mass is 245 g/mol. The molecule has 0 spiro atoms. The zero-order valence-corrected chi connectivity index (χ0v) is 10.5. The lowest BCUT2D eigenvalue weighted by Gasteiger charge is -2.21. The second-order valence-corrected chi connectivity index (χ2v) is 4.81. The van der Waals surface area contributed by atoms with Crippen LogP contribution >= 0.6 is 0 Å². The van der Waals surface area contributed by atoms with E-state index in [1.54, 1.807) is 12.3 Å². The molecule has 96 valence electrons. The quantitative estimate of drug-likeness (QED) is 0.828. The predicted octanol–water partition coefficient (Wildman–Crippen LogP) is 2.13. The minimum absolute atomic E-state index is 0.143. The van der Waals surface area contributed by atoms with Gasteiger partial charge in [0.25, 0.3) is 0 Å². The Balaban J connectivity index is 1.91. The van der Waals surface area contributed by atoms with Crippen molar-refractivity contribution in [3.05, 3.63) is 29.6 Å². The molecule has 2 N–H and O–H groups in total. The van der Waals surface area contributed by atoms with Crippen LogP contribution in [0.3, 0.4) is 0 Å². The highest BCUT2D eigenvalue weighted by Crippen LogP contribution is 2.20. The molecule has 1 aromatic heterocycles. The van der Waals surface area contributed by atoms with Gasteiger partial charge in [0.1, 0.15) is 11.8 Å². The van der Waals surface area contributed by atoms with Crippen LogP contribution in [0.2, 0.25) is 0 Å². The Labute approximate surface area is 108 Å². The van der Waals surface area contributed by atoms with Crippen LogP contribution in [0.15, 0.2) is 18.3 Å². The molecule has 2 unspecified atom stereocenters. The third-order valence-electron chi connectivity index (χ3n) is 3.41. The van der Waals surface area contributed by atoms with E-state index in [2.05, 4.69) is 4.98 Å². The van der Waals surface area contributed by atoms with Crippen LogP contribution in [0.1, 0.15) is 43.4 Å². The number of nitrogens with zero attached hydrogens (tertiary/aromatic N) is 2. The van der Waals surface area contributed by atoms with Crippen LogP contribution in [0.5, 0.6) is 0 Å². The van der Waals surface area contributed by atoms with E-state index in [9.17, 15) is 0 Å². The second kappa shape index (κ2) is 6.48. The third-order valence-corrected chi connectivity index (χ3v) is 3.41. The van der Waals surface area contributed by atoms with Crippen molar-refractivity contribution in [1.82, 2.24) is 4.98 Å². The molecule has 2 rings (SSSR count). The van der Waals surface area contributed by atoms with Gasteiger partial charge in [-0.1, -0.05) is 19.3 Å². The summed E-state index contributed by atoms with van der Waals surface area (Å²) in [6.07, 6.45) is 7.52. The Kier molecular flexibility index (Phi) is 4.68. The lowest BCUT2D eigenvalue weighted by atomic mass is 10.1. The molecule has 1 fully saturated rings. The summed E-state index contributed by atoms with van der Waals surface area (Å²) in [6.45, 7) is 0.509. The first kappa shape index (κ1) is 13.0. The van der Waals surface area contributed by atoms with E-state index < -0.39 is 0 Å². The van der Waals surface area contributed by atoms with Gasteiger partial charge in [-0.15, -0.1) is 0 Å². The maximum atomic E-state index is 8.78. The summed E-state index contributed by atoms with van der Waals surface area (Å²) < 4.78 is 5.90. The summed E-state index contributed by atoms with van der Waals surface area (Å²) in [4.78, 5) is 3.94. The Morgan fingerprint density at radius 1 is 1.39 bits per heavy atom. The molecule has 0 aliphatic heterocycles. The first-order valence-corrected chi connectivity index (χ1v) is 6.52. The summed E-state index contributed by atoms with van der Waals surface area (Å²) in [5.74, 6) is 0. The van der Waals surface area contributed by atoms with Gasteiger partial charge in [0.2, 0.25) is 0 Å². The maximum absolute atomic E-state index is 8.78. The molecule has 2 atom stereocenters. The smallest absolute Gasteiger partial charge is 0.140 e. The van der Waals surface area contributed by atoms with E-state index in [0.29, 0.717) is 12.3 Å². The van der Waals surface area contributed by atoms with Gasteiger partial charge in [0.15, 0.2) is 0 Å². The molecular weight excluding hydrogens is 226 g/mol. The fraction of sp³-hybridized carbons (Fsp3) is 0.571. The maximum Gasteiger partial charge on any atom is 0.140 e. The van der Waals surface area contributed by atoms with E-state index in [1.807, 2.05) is 12.1 Å². The van der Waals surface area contributed by atoms with Gasteiger partial charge >= 0.3 is 0 Å². The fourth-order valence-corrected chi connectivity index (χ4v) is 2.34. The van der Waals surface area contributed by atoms with Gasteiger partial charge in [0.05, 0.1) is 12.7 Å². The largest absolute Gasteiger partial charge is 0.372 e. The molecule has 1 aromatic rings. The highest BCUT2D eigenvalue weighted by Gasteiger charge is 2.20. The van der Waals surface area contributed by atoms with Crippen molar-refractivity contribution in [2.75, 3.05) is 0 Å². The molecule has 0 saturated heterocycles. The molecule has 1 heterocycles. The highest BCUT2D eigenvalue weighted by atomic mass is 16.5. The van der Waals surface area contributed by atoms with Crippen LogP contribution in [-0.2, 0) is 11.3 Å². The van der Waals surface area contributed by atoms with Crippen molar-refractivity contribution in [3.8, 4) is 6.07 Å². The van der Waals surface area contributed by atoms with Crippen molar-refractivity contribution in [2.24, 2.45) is 5.73 Å². The van der Waals surface area contributed by atoms with Crippen molar-refractivity contribution in [3.63, 3.8) is 0 Å². The van der Waals surface area contributed by atoms with Gasteiger partial charge in [-0.3, -0.25) is 0 Å². The van der Waals surface area contributed by atoms with Gasteiger partial charge < -0.3 is 10.5 Å². The molecule has 4 nitrogen and oxygen atoms in total. The van der Waals surface area contributed by atoms with Crippen molar-refractivity contribution in [1.29, 1.82) is 5.26 Å². The summed E-state index contributed by atoms with van der Waals surface area (Å²) in [5, 5.41) is 8.78. The first-order valence-electron chi connectivity index (χ1n) is 6.52. The van der Waals surface area contributed by atoms with Crippen LogP contribution < -0.4 is 5.73 Å². The number of rotatable bonds is 3. The van der Waals surface area contributed by atoms with Gasteiger partial charge in [-0.2, -0.15) is 5.26 Å². The average molecular weight is 245 g/mol. The van der Waals surface area contributed by atoms with Gasteiger partial charge in [0, 0.05) is 12.2 Å². The Bertz CT molecular complexity index is 427. The number of hydrogen-bond donors (Lipinski definition) is 1. The zero-order chi connectivity index (χ0) is 12.8.